The molecule has 0 unspecified atom stereocenters. The molecule has 0 aromatic carbocycles. The van der Waals surface area contributed by atoms with Crippen LogP contribution in [-0.2, 0) is 16.0 Å². The standard InChI is InChI=1S/C9H14N2O2S/c1-3-7-6-14-9(11-7)10-5-8(12)13-4-2/h6H,3-5H2,1-2H3,(H,10,11). The zero-order valence-corrected chi connectivity index (χ0v) is 9.19. The van der Waals surface area contributed by atoms with E-state index >= 15 is 0 Å². The van der Waals surface area contributed by atoms with Crippen LogP contribution in [0.2, 0.25) is 0 Å². The number of ether oxygens (including phenoxy) is 1. The summed E-state index contributed by atoms with van der Waals surface area (Å²) in [5.41, 5.74) is 1.04. The molecule has 0 bridgehead atoms. The molecular weight excluding hydrogens is 200 g/mol. The minimum atomic E-state index is -0.249. The van der Waals surface area contributed by atoms with Crippen LogP contribution in [0.1, 0.15) is 19.5 Å². The Morgan fingerprint density at radius 1 is 1.64 bits per heavy atom. The van der Waals surface area contributed by atoms with Gasteiger partial charge in [-0.3, -0.25) is 4.79 Å². The molecule has 1 heterocycles. The van der Waals surface area contributed by atoms with Gasteiger partial charge in [-0.15, -0.1) is 11.3 Å². The Balaban J connectivity index is 2.34. The van der Waals surface area contributed by atoms with Crippen molar-refractivity contribution in [2.24, 2.45) is 0 Å². The second-order valence-corrected chi connectivity index (χ2v) is 3.51. The summed E-state index contributed by atoms with van der Waals surface area (Å²) in [6, 6.07) is 0. The number of aromatic nitrogens is 1. The molecule has 0 aliphatic rings. The highest BCUT2D eigenvalue weighted by Gasteiger charge is 2.03. The number of carbonyl (C=O) groups is 1. The van der Waals surface area contributed by atoms with Crippen molar-refractivity contribution in [3.63, 3.8) is 0 Å². The number of esters is 1. The van der Waals surface area contributed by atoms with E-state index in [1.807, 2.05) is 12.3 Å². The molecule has 1 N–H and O–H groups in total. The summed E-state index contributed by atoms with van der Waals surface area (Å²) >= 11 is 1.50. The Hall–Kier alpha value is -1.10. The van der Waals surface area contributed by atoms with Gasteiger partial charge in [0.15, 0.2) is 5.13 Å². The summed E-state index contributed by atoms with van der Waals surface area (Å²) in [5.74, 6) is -0.249. The van der Waals surface area contributed by atoms with Crippen LogP contribution in [-0.4, -0.2) is 24.1 Å². The molecule has 0 radical (unpaired) electrons. The van der Waals surface area contributed by atoms with E-state index in [2.05, 4.69) is 10.3 Å². The molecule has 1 rings (SSSR count). The zero-order valence-electron chi connectivity index (χ0n) is 8.37. The summed E-state index contributed by atoms with van der Waals surface area (Å²) < 4.78 is 4.77. The van der Waals surface area contributed by atoms with Crippen molar-refractivity contribution in [1.29, 1.82) is 0 Å². The van der Waals surface area contributed by atoms with Gasteiger partial charge in [0.1, 0.15) is 6.54 Å². The molecule has 5 heteroatoms. The van der Waals surface area contributed by atoms with Gasteiger partial charge in [-0.2, -0.15) is 0 Å². The van der Waals surface area contributed by atoms with Gasteiger partial charge in [0.05, 0.1) is 12.3 Å². The average Bonchev–Trinajstić information content (AvgIpc) is 2.63. The van der Waals surface area contributed by atoms with Gasteiger partial charge < -0.3 is 10.1 Å². The summed E-state index contributed by atoms with van der Waals surface area (Å²) in [7, 11) is 0. The van der Waals surface area contributed by atoms with E-state index in [1.54, 1.807) is 6.92 Å². The highest BCUT2D eigenvalue weighted by molar-refractivity contribution is 7.13. The maximum atomic E-state index is 11.0. The Kier molecular flexibility index (Phi) is 4.39. The van der Waals surface area contributed by atoms with Crippen molar-refractivity contribution in [3.8, 4) is 0 Å². The number of anilines is 1. The molecule has 0 saturated heterocycles. The lowest BCUT2D eigenvalue weighted by molar-refractivity contribution is -0.140. The van der Waals surface area contributed by atoms with E-state index in [4.69, 9.17) is 4.74 Å². The molecule has 0 saturated carbocycles. The average molecular weight is 214 g/mol. The zero-order chi connectivity index (χ0) is 10.4. The smallest absolute Gasteiger partial charge is 0.325 e. The summed E-state index contributed by atoms with van der Waals surface area (Å²) in [6.45, 7) is 4.43. The number of carbonyl (C=O) groups excluding carboxylic acids is 1. The first kappa shape index (κ1) is 11.0. The number of hydrogen-bond acceptors (Lipinski definition) is 5. The minimum absolute atomic E-state index is 0.185. The maximum Gasteiger partial charge on any atom is 0.325 e. The topological polar surface area (TPSA) is 51.2 Å². The number of nitrogens with zero attached hydrogens (tertiary/aromatic N) is 1. The normalized spacial score (nSPS) is 9.86. The number of nitrogens with one attached hydrogen (secondary N) is 1. The van der Waals surface area contributed by atoms with E-state index in [-0.39, 0.29) is 12.5 Å². The number of rotatable bonds is 5. The largest absolute Gasteiger partial charge is 0.465 e. The first-order valence-corrected chi connectivity index (χ1v) is 5.48. The van der Waals surface area contributed by atoms with Crippen molar-refractivity contribution in [3.05, 3.63) is 11.1 Å². The third-order valence-corrected chi connectivity index (χ3v) is 2.45. The van der Waals surface area contributed by atoms with Crippen LogP contribution in [0.25, 0.3) is 0 Å². The van der Waals surface area contributed by atoms with E-state index in [0.29, 0.717) is 6.61 Å². The lowest BCUT2D eigenvalue weighted by Gasteiger charge is -2.01. The predicted octanol–water partition coefficient (Wildman–Crippen LogP) is 1.68. The van der Waals surface area contributed by atoms with Gasteiger partial charge in [0.25, 0.3) is 0 Å². The van der Waals surface area contributed by atoms with E-state index in [0.717, 1.165) is 17.2 Å². The second-order valence-electron chi connectivity index (χ2n) is 2.66. The lowest BCUT2D eigenvalue weighted by Crippen LogP contribution is -2.16. The summed E-state index contributed by atoms with van der Waals surface area (Å²) in [4.78, 5) is 15.2. The molecule has 1 aromatic rings. The van der Waals surface area contributed by atoms with Gasteiger partial charge in [0.2, 0.25) is 0 Å². The van der Waals surface area contributed by atoms with Crippen molar-refractivity contribution in [2.75, 3.05) is 18.5 Å². The molecule has 4 nitrogen and oxygen atoms in total. The molecule has 0 amide bonds. The number of aryl methyl sites for hydroxylation is 1. The molecule has 0 fully saturated rings. The Morgan fingerprint density at radius 2 is 2.43 bits per heavy atom. The van der Waals surface area contributed by atoms with E-state index < -0.39 is 0 Å². The molecule has 0 atom stereocenters. The number of hydrogen-bond donors (Lipinski definition) is 1. The third kappa shape index (κ3) is 3.33. The van der Waals surface area contributed by atoms with Crippen molar-refractivity contribution in [1.82, 2.24) is 4.98 Å². The van der Waals surface area contributed by atoms with E-state index in [9.17, 15) is 4.79 Å². The van der Waals surface area contributed by atoms with Gasteiger partial charge in [-0.25, -0.2) is 4.98 Å². The summed E-state index contributed by atoms with van der Waals surface area (Å²) in [6.07, 6.45) is 0.914. The second kappa shape index (κ2) is 5.59. The van der Waals surface area contributed by atoms with Crippen LogP contribution < -0.4 is 5.32 Å². The van der Waals surface area contributed by atoms with Gasteiger partial charge in [-0.1, -0.05) is 6.92 Å². The molecule has 0 aliphatic heterocycles. The van der Waals surface area contributed by atoms with Crippen LogP contribution in [0.3, 0.4) is 0 Å². The van der Waals surface area contributed by atoms with Gasteiger partial charge in [-0.05, 0) is 13.3 Å². The van der Waals surface area contributed by atoms with Crippen LogP contribution in [0, 0.1) is 0 Å². The molecule has 1 aromatic heterocycles. The minimum Gasteiger partial charge on any atom is -0.465 e. The fourth-order valence-corrected chi connectivity index (χ4v) is 1.70. The van der Waals surface area contributed by atoms with Crippen molar-refractivity contribution >= 4 is 22.4 Å². The first-order valence-electron chi connectivity index (χ1n) is 4.60. The number of thiazole rings is 1. The molecule has 78 valence electrons. The highest BCUT2D eigenvalue weighted by Crippen LogP contribution is 2.14. The van der Waals surface area contributed by atoms with Crippen molar-refractivity contribution < 1.29 is 9.53 Å². The highest BCUT2D eigenvalue weighted by atomic mass is 32.1. The SMILES string of the molecule is CCOC(=O)CNc1nc(CC)cs1. The maximum absolute atomic E-state index is 11.0. The third-order valence-electron chi connectivity index (χ3n) is 1.60. The van der Waals surface area contributed by atoms with Crippen LogP contribution in [0.5, 0.6) is 0 Å². The summed E-state index contributed by atoms with van der Waals surface area (Å²) in [5, 5.41) is 5.67. The molecule has 14 heavy (non-hydrogen) atoms. The molecule has 0 aliphatic carbocycles. The fourth-order valence-electron chi connectivity index (χ4n) is 0.910. The first-order chi connectivity index (χ1) is 6.76. The molecular formula is C9H14N2O2S. The quantitative estimate of drug-likeness (QED) is 0.758. The fraction of sp³-hybridized carbons (Fsp3) is 0.556. The Morgan fingerprint density at radius 3 is 3.00 bits per heavy atom. The Labute approximate surface area is 87.3 Å². The molecule has 0 spiro atoms. The van der Waals surface area contributed by atoms with Crippen LogP contribution in [0.4, 0.5) is 5.13 Å². The Bertz CT molecular complexity index is 299. The van der Waals surface area contributed by atoms with E-state index in [1.165, 1.54) is 11.3 Å². The predicted molar refractivity (Wildman–Crippen MR) is 56.6 cm³/mol. The van der Waals surface area contributed by atoms with Gasteiger partial charge >= 0.3 is 5.97 Å². The van der Waals surface area contributed by atoms with Crippen molar-refractivity contribution in [2.45, 2.75) is 20.3 Å². The van der Waals surface area contributed by atoms with Gasteiger partial charge in [0, 0.05) is 5.38 Å². The van der Waals surface area contributed by atoms with Crippen LogP contribution >= 0.6 is 11.3 Å². The monoisotopic (exact) mass is 214 g/mol. The lowest BCUT2D eigenvalue weighted by atomic mass is 10.4. The van der Waals surface area contributed by atoms with Crippen LogP contribution in [0.15, 0.2) is 5.38 Å².